The SMILES string of the molecule is N#Cc1ccc(F)cc1CN1Cc2cnn(-c3ccccc3)c2C1. The van der Waals surface area contributed by atoms with E-state index >= 15 is 0 Å². The topological polar surface area (TPSA) is 44.9 Å². The van der Waals surface area contributed by atoms with Gasteiger partial charge >= 0.3 is 0 Å². The summed E-state index contributed by atoms with van der Waals surface area (Å²) < 4.78 is 15.5. The molecular formula is C19H15FN4. The van der Waals surface area contributed by atoms with Crippen LogP contribution in [0.1, 0.15) is 22.4 Å². The van der Waals surface area contributed by atoms with Crippen molar-refractivity contribution >= 4 is 0 Å². The zero-order chi connectivity index (χ0) is 16.5. The molecule has 118 valence electrons. The average molecular weight is 318 g/mol. The molecule has 0 saturated carbocycles. The Morgan fingerprint density at radius 1 is 1.12 bits per heavy atom. The second-order valence-corrected chi connectivity index (χ2v) is 5.92. The molecule has 0 atom stereocenters. The number of nitriles is 1. The lowest BCUT2D eigenvalue weighted by Gasteiger charge is -2.16. The Balaban J connectivity index is 1.58. The van der Waals surface area contributed by atoms with Crippen molar-refractivity contribution in [3.8, 4) is 11.8 Å². The van der Waals surface area contributed by atoms with E-state index in [2.05, 4.69) is 16.1 Å². The Labute approximate surface area is 139 Å². The normalized spacial score (nSPS) is 13.7. The molecule has 3 aromatic rings. The molecule has 4 rings (SSSR count). The van der Waals surface area contributed by atoms with Gasteiger partial charge in [0.15, 0.2) is 0 Å². The van der Waals surface area contributed by atoms with E-state index < -0.39 is 0 Å². The van der Waals surface area contributed by atoms with Gasteiger partial charge in [0, 0.05) is 25.2 Å². The fourth-order valence-electron chi connectivity index (χ4n) is 3.16. The van der Waals surface area contributed by atoms with Crippen LogP contribution in [0.4, 0.5) is 4.39 Å². The second kappa shape index (κ2) is 5.91. The van der Waals surface area contributed by atoms with E-state index in [1.54, 1.807) is 6.07 Å². The van der Waals surface area contributed by atoms with E-state index in [0.29, 0.717) is 12.1 Å². The van der Waals surface area contributed by atoms with E-state index in [9.17, 15) is 9.65 Å². The van der Waals surface area contributed by atoms with Gasteiger partial charge in [-0.25, -0.2) is 9.07 Å². The number of aromatic nitrogens is 2. The molecule has 1 aliphatic rings. The molecular weight excluding hydrogens is 303 g/mol. The molecule has 0 aliphatic carbocycles. The summed E-state index contributed by atoms with van der Waals surface area (Å²) in [5.41, 5.74) is 4.60. The van der Waals surface area contributed by atoms with Crippen LogP contribution in [0.15, 0.2) is 54.7 Å². The third-order valence-electron chi connectivity index (χ3n) is 4.31. The maximum atomic E-state index is 13.5. The van der Waals surface area contributed by atoms with Crippen molar-refractivity contribution in [2.24, 2.45) is 0 Å². The van der Waals surface area contributed by atoms with Crippen LogP contribution < -0.4 is 0 Å². The minimum Gasteiger partial charge on any atom is -0.289 e. The Morgan fingerprint density at radius 3 is 2.75 bits per heavy atom. The Morgan fingerprint density at radius 2 is 1.96 bits per heavy atom. The summed E-state index contributed by atoms with van der Waals surface area (Å²) in [6, 6.07) is 16.5. The van der Waals surface area contributed by atoms with E-state index in [1.807, 2.05) is 41.2 Å². The number of hydrogen-bond donors (Lipinski definition) is 0. The van der Waals surface area contributed by atoms with Crippen LogP contribution in [0.5, 0.6) is 0 Å². The monoisotopic (exact) mass is 318 g/mol. The number of para-hydroxylation sites is 1. The lowest BCUT2D eigenvalue weighted by Crippen LogP contribution is -2.18. The van der Waals surface area contributed by atoms with Gasteiger partial charge in [0.25, 0.3) is 0 Å². The largest absolute Gasteiger partial charge is 0.289 e. The van der Waals surface area contributed by atoms with Crippen LogP contribution in [0, 0.1) is 17.1 Å². The van der Waals surface area contributed by atoms with Gasteiger partial charge in [-0.3, -0.25) is 4.90 Å². The minimum absolute atomic E-state index is 0.309. The van der Waals surface area contributed by atoms with Crippen molar-refractivity contribution in [2.75, 3.05) is 0 Å². The van der Waals surface area contributed by atoms with Crippen molar-refractivity contribution in [2.45, 2.75) is 19.6 Å². The zero-order valence-electron chi connectivity index (χ0n) is 13.0. The number of fused-ring (bicyclic) bond motifs is 1. The van der Waals surface area contributed by atoms with Gasteiger partial charge in [-0.05, 0) is 35.9 Å². The smallest absolute Gasteiger partial charge is 0.123 e. The predicted molar refractivity (Wildman–Crippen MR) is 87.6 cm³/mol. The van der Waals surface area contributed by atoms with Crippen LogP contribution in [0.3, 0.4) is 0 Å². The molecule has 5 heteroatoms. The number of halogens is 1. The first-order valence-electron chi connectivity index (χ1n) is 7.76. The van der Waals surface area contributed by atoms with Gasteiger partial charge in [0.2, 0.25) is 0 Å². The summed E-state index contributed by atoms with van der Waals surface area (Å²) in [5, 5.41) is 13.7. The van der Waals surface area contributed by atoms with Gasteiger partial charge < -0.3 is 0 Å². The first kappa shape index (κ1) is 14.6. The highest BCUT2D eigenvalue weighted by molar-refractivity contribution is 5.39. The van der Waals surface area contributed by atoms with Crippen molar-refractivity contribution in [3.05, 3.63) is 82.9 Å². The summed E-state index contributed by atoms with van der Waals surface area (Å²) in [5.74, 6) is -0.309. The first-order valence-corrected chi connectivity index (χ1v) is 7.76. The molecule has 0 unspecified atom stereocenters. The van der Waals surface area contributed by atoms with Gasteiger partial charge in [-0.15, -0.1) is 0 Å². The van der Waals surface area contributed by atoms with Gasteiger partial charge in [0.1, 0.15) is 5.82 Å². The van der Waals surface area contributed by atoms with Crippen LogP contribution in [0.25, 0.3) is 5.69 Å². The highest BCUT2D eigenvalue weighted by Crippen LogP contribution is 2.27. The number of nitrogens with zero attached hydrogens (tertiary/aromatic N) is 4. The summed E-state index contributed by atoms with van der Waals surface area (Å²) in [6.07, 6.45) is 1.89. The molecule has 1 aliphatic heterocycles. The Hall–Kier alpha value is -2.97. The van der Waals surface area contributed by atoms with Crippen molar-refractivity contribution < 1.29 is 4.39 Å². The summed E-state index contributed by atoms with van der Waals surface area (Å²) >= 11 is 0. The Bertz CT molecular complexity index is 924. The van der Waals surface area contributed by atoms with Gasteiger partial charge in [0.05, 0.1) is 29.2 Å². The number of hydrogen-bond acceptors (Lipinski definition) is 3. The molecule has 0 N–H and O–H groups in total. The molecule has 2 aromatic carbocycles. The lowest BCUT2D eigenvalue weighted by atomic mass is 10.1. The molecule has 0 amide bonds. The van der Waals surface area contributed by atoms with Gasteiger partial charge in [-0.1, -0.05) is 18.2 Å². The molecule has 1 aromatic heterocycles. The maximum Gasteiger partial charge on any atom is 0.123 e. The third kappa shape index (κ3) is 2.57. The van der Waals surface area contributed by atoms with E-state index in [1.165, 1.54) is 17.7 Å². The van der Waals surface area contributed by atoms with Crippen LogP contribution in [-0.2, 0) is 19.6 Å². The highest BCUT2D eigenvalue weighted by Gasteiger charge is 2.24. The number of rotatable bonds is 3. The first-order chi connectivity index (χ1) is 11.7. The van der Waals surface area contributed by atoms with Crippen molar-refractivity contribution in [3.63, 3.8) is 0 Å². The minimum atomic E-state index is -0.309. The number of benzene rings is 2. The standard InChI is InChI=1S/C19H15FN4/c20-17-7-6-14(9-21)15(8-17)11-23-12-16-10-22-24(19(16)13-23)18-4-2-1-3-5-18/h1-8,10H,11-13H2. The summed E-state index contributed by atoms with van der Waals surface area (Å²) in [6.45, 7) is 2.03. The van der Waals surface area contributed by atoms with Crippen LogP contribution in [0.2, 0.25) is 0 Å². The van der Waals surface area contributed by atoms with E-state index in [0.717, 1.165) is 30.0 Å². The predicted octanol–water partition coefficient (Wildman–Crippen LogP) is 3.40. The van der Waals surface area contributed by atoms with Gasteiger partial charge in [-0.2, -0.15) is 10.4 Å². The molecule has 0 saturated heterocycles. The molecule has 2 heterocycles. The summed E-state index contributed by atoms with van der Waals surface area (Å²) in [7, 11) is 0. The Kier molecular flexibility index (Phi) is 3.60. The highest BCUT2D eigenvalue weighted by atomic mass is 19.1. The zero-order valence-corrected chi connectivity index (χ0v) is 13.0. The van der Waals surface area contributed by atoms with Crippen LogP contribution in [-0.4, -0.2) is 14.7 Å². The molecule has 4 nitrogen and oxygen atoms in total. The molecule has 24 heavy (non-hydrogen) atoms. The molecule has 0 radical (unpaired) electrons. The third-order valence-corrected chi connectivity index (χ3v) is 4.31. The van der Waals surface area contributed by atoms with E-state index in [-0.39, 0.29) is 5.82 Å². The lowest BCUT2D eigenvalue weighted by molar-refractivity contribution is 0.270. The van der Waals surface area contributed by atoms with E-state index in [4.69, 9.17) is 0 Å². The fourth-order valence-corrected chi connectivity index (χ4v) is 3.16. The maximum absolute atomic E-state index is 13.5. The van der Waals surface area contributed by atoms with Crippen molar-refractivity contribution in [1.29, 1.82) is 5.26 Å². The second-order valence-electron chi connectivity index (χ2n) is 5.92. The van der Waals surface area contributed by atoms with Crippen LogP contribution >= 0.6 is 0 Å². The fraction of sp³-hybridized carbons (Fsp3) is 0.158. The quantitative estimate of drug-likeness (QED) is 0.743. The average Bonchev–Trinajstić information content (AvgIpc) is 3.16. The molecule has 0 spiro atoms. The van der Waals surface area contributed by atoms with Crippen molar-refractivity contribution in [1.82, 2.24) is 14.7 Å². The molecule has 0 bridgehead atoms. The summed E-state index contributed by atoms with van der Waals surface area (Å²) in [4.78, 5) is 2.20. The molecule has 0 fully saturated rings.